The Morgan fingerprint density at radius 3 is 2.48 bits per heavy atom. The summed E-state index contributed by atoms with van der Waals surface area (Å²) in [5.41, 5.74) is 2.17. The van der Waals surface area contributed by atoms with E-state index in [4.69, 9.17) is 4.74 Å². The molecule has 7 nitrogen and oxygen atoms in total. The first-order chi connectivity index (χ1) is 15.2. The van der Waals surface area contributed by atoms with Gasteiger partial charge in [-0.15, -0.1) is 0 Å². The van der Waals surface area contributed by atoms with Crippen molar-refractivity contribution in [2.24, 2.45) is 0 Å². The lowest BCUT2D eigenvalue weighted by Gasteiger charge is -2.21. The van der Waals surface area contributed by atoms with Crippen molar-refractivity contribution in [2.45, 2.75) is 38.8 Å². The van der Waals surface area contributed by atoms with Crippen LogP contribution in [0.2, 0.25) is 0 Å². The smallest absolute Gasteiger partial charge is 0.255 e. The van der Waals surface area contributed by atoms with Gasteiger partial charge in [-0.25, -0.2) is 4.98 Å². The minimum Gasteiger partial charge on any atom is -0.496 e. The summed E-state index contributed by atoms with van der Waals surface area (Å²) < 4.78 is 7.21. The molecule has 1 saturated heterocycles. The lowest BCUT2D eigenvalue weighted by molar-refractivity contribution is -0.131. The van der Waals surface area contributed by atoms with Gasteiger partial charge in [0.1, 0.15) is 18.1 Å². The van der Waals surface area contributed by atoms with E-state index >= 15 is 0 Å². The number of ether oxygens (including phenoxy) is 1. The molecule has 2 amide bonds. The average molecular weight is 421 g/mol. The molecule has 3 aromatic rings. The van der Waals surface area contributed by atoms with E-state index in [1.165, 1.54) is 12.8 Å². The van der Waals surface area contributed by atoms with E-state index in [1.807, 2.05) is 39.8 Å². The van der Waals surface area contributed by atoms with Crippen LogP contribution in [0.4, 0.5) is 0 Å². The molecular weight excluding hydrogens is 392 g/mol. The highest BCUT2D eigenvalue weighted by atomic mass is 16.5. The molecule has 0 saturated carbocycles. The van der Waals surface area contributed by atoms with Gasteiger partial charge in [0.15, 0.2) is 0 Å². The highest BCUT2D eigenvalue weighted by Crippen LogP contribution is 2.19. The first kappa shape index (κ1) is 20.9. The van der Waals surface area contributed by atoms with Crippen molar-refractivity contribution in [2.75, 3.05) is 20.2 Å². The number of hydrogen-bond donors (Lipinski definition) is 1. The number of rotatable bonds is 6. The van der Waals surface area contributed by atoms with Crippen molar-refractivity contribution < 1.29 is 14.3 Å². The van der Waals surface area contributed by atoms with Crippen molar-refractivity contribution in [3.63, 3.8) is 0 Å². The molecule has 1 fully saturated rings. The van der Waals surface area contributed by atoms with Gasteiger partial charge in [-0.05, 0) is 37.1 Å². The van der Waals surface area contributed by atoms with Gasteiger partial charge < -0.3 is 19.5 Å². The van der Waals surface area contributed by atoms with Crippen molar-refractivity contribution in [3.8, 4) is 5.75 Å². The quantitative estimate of drug-likeness (QED) is 0.663. The summed E-state index contributed by atoms with van der Waals surface area (Å²) in [6.07, 6.45) is 4.46. The second-order valence-corrected chi connectivity index (χ2v) is 7.78. The zero-order valence-electron chi connectivity index (χ0n) is 17.8. The summed E-state index contributed by atoms with van der Waals surface area (Å²) in [6.45, 7) is 2.07. The molecule has 1 aromatic heterocycles. The standard InChI is InChI=1S/C24H28N4O3/c1-31-21-13-7-4-10-18(21)24(30)25-16-22-26-19-11-5-6-12-20(19)28(22)17-23(29)27-14-8-2-3-9-15-27/h4-7,10-13H,2-3,8-9,14-17H2,1H3,(H,25,30). The number of hydrogen-bond acceptors (Lipinski definition) is 4. The molecule has 0 radical (unpaired) electrons. The van der Waals surface area contributed by atoms with Crippen molar-refractivity contribution in [1.29, 1.82) is 0 Å². The summed E-state index contributed by atoms with van der Waals surface area (Å²) in [6, 6.07) is 14.8. The molecule has 1 aliphatic rings. The number of carbonyl (C=O) groups is 2. The summed E-state index contributed by atoms with van der Waals surface area (Å²) in [7, 11) is 1.54. The van der Waals surface area contributed by atoms with Crippen LogP contribution in [-0.2, 0) is 17.9 Å². The van der Waals surface area contributed by atoms with E-state index in [0.29, 0.717) is 17.1 Å². The summed E-state index contributed by atoms with van der Waals surface area (Å²) in [5.74, 6) is 1.04. The monoisotopic (exact) mass is 420 g/mol. The fourth-order valence-electron chi connectivity index (χ4n) is 4.08. The van der Waals surface area contributed by atoms with Crippen LogP contribution in [0.3, 0.4) is 0 Å². The van der Waals surface area contributed by atoms with Crippen molar-refractivity contribution >= 4 is 22.8 Å². The van der Waals surface area contributed by atoms with Crippen LogP contribution in [0, 0.1) is 0 Å². The summed E-state index contributed by atoms with van der Waals surface area (Å²) >= 11 is 0. The normalized spacial score (nSPS) is 14.3. The highest BCUT2D eigenvalue weighted by molar-refractivity contribution is 5.96. The second-order valence-electron chi connectivity index (χ2n) is 7.78. The maximum absolute atomic E-state index is 13.0. The number of carbonyl (C=O) groups excluding carboxylic acids is 2. The molecule has 0 spiro atoms. The van der Waals surface area contributed by atoms with Crippen LogP contribution in [0.25, 0.3) is 11.0 Å². The maximum atomic E-state index is 13.0. The lowest BCUT2D eigenvalue weighted by atomic mass is 10.2. The molecule has 4 rings (SSSR count). The van der Waals surface area contributed by atoms with Crippen molar-refractivity contribution in [3.05, 3.63) is 59.9 Å². The molecule has 2 heterocycles. The highest BCUT2D eigenvalue weighted by Gasteiger charge is 2.20. The fraction of sp³-hybridized carbons (Fsp3) is 0.375. The number of methoxy groups -OCH3 is 1. The first-order valence-electron chi connectivity index (χ1n) is 10.8. The zero-order chi connectivity index (χ0) is 21.6. The Kier molecular flexibility index (Phi) is 6.50. The van der Waals surface area contributed by atoms with Crippen LogP contribution >= 0.6 is 0 Å². The molecule has 2 aromatic carbocycles. The minimum absolute atomic E-state index is 0.0994. The predicted molar refractivity (Wildman–Crippen MR) is 119 cm³/mol. The molecule has 0 aliphatic carbocycles. The van der Waals surface area contributed by atoms with Gasteiger partial charge >= 0.3 is 0 Å². The number of aromatic nitrogens is 2. The molecule has 1 N–H and O–H groups in total. The van der Waals surface area contributed by atoms with E-state index in [-0.39, 0.29) is 24.9 Å². The number of para-hydroxylation sites is 3. The third-order valence-corrected chi connectivity index (χ3v) is 5.74. The Bertz CT molecular complexity index is 1070. The lowest BCUT2D eigenvalue weighted by Crippen LogP contribution is -2.35. The van der Waals surface area contributed by atoms with Gasteiger partial charge in [-0.2, -0.15) is 0 Å². The molecule has 31 heavy (non-hydrogen) atoms. The average Bonchev–Trinajstić information content (AvgIpc) is 2.96. The Balaban J connectivity index is 1.55. The maximum Gasteiger partial charge on any atom is 0.255 e. The third-order valence-electron chi connectivity index (χ3n) is 5.74. The number of benzene rings is 2. The summed E-state index contributed by atoms with van der Waals surface area (Å²) in [4.78, 5) is 32.4. The van der Waals surface area contributed by atoms with E-state index in [9.17, 15) is 9.59 Å². The zero-order valence-corrected chi connectivity index (χ0v) is 17.8. The van der Waals surface area contributed by atoms with E-state index < -0.39 is 0 Å². The number of likely N-dealkylation sites (tertiary alicyclic amines) is 1. The van der Waals surface area contributed by atoms with Crippen molar-refractivity contribution in [1.82, 2.24) is 19.8 Å². The number of amides is 2. The molecule has 0 unspecified atom stereocenters. The first-order valence-corrected chi connectivity index (χ1v) is 10.8. The topological polar surface area (TPSA) is 76.5 Å². The molecular formula is C24H28N4O3. The number of imidazole rings is 1. The van der Waals surface area contributed by atoms with Gasteiger partial charge in [-0.1, -0.05) is 37.1 Å². The fourth-order valence-corrected chi connectivity index (χ4v) is 4.08. The van der Waals surface area contributed by atoms with E-state index in [0.717, 1.165) is 37.0 Å². The molecule has 0 atom stereocenters. The Hall–Kier alpha value is -3.35. The SMILES string of the molecule is COc1ccccc1C(=O)NCc1nc2ccccc2n1CC(=O)N1CCCCCC1. The summed E-state index contributed by atoms with van der Waals surface area (Å²) in [5, 5.41) is 2.93. The van der Waals surface area contributed by atoms with E-state index in [2.05, 4.69) is 10.3 Å². The number of nitrogens with zero attached hydrogens (tertiary/aromatic N) is 3. The van der Waals surface area contributed by atoms with Gasteiger partial charge in [0.25, 0.3) is 5.91 Å². The molecule has 0 bridgehead atoms. The van der Waals surface area contributed by atoms with Crippen LogP contribution in [-0.4, -0.2) is 46.5 Å². The Morgan fingerprint density at radius 2 is 1.71 bits per heavy atom. The van der Waals surface area contributed by atoms with Gasteiger partial charge in [0.05, 0.1) is 30.3 Å². The Labute approximate surface area is 182 Å². The van der Waals surface area contributed by atoms with Crippen LogP contribution < -0.4 is 10.1 Å². The Morgan fingerprint density at radius 1 is 1.00 bits per heavy atom. The largest absolute Gasteiger partial charge is 0.496 e. The third kappa shape index (κ3) is 4.71. The van der Waals surface area contributed by atoms with Gasteiger partial charge in [-0.3, -0.25) is 9.59 Å². The van der Waals surface area contributed by atoms with Gasteiger partial charge in [0, 0.05) is 13.1 Å². The van der Waals surface area contributed by atoms with Crippen LogP contribution in [0.15, 0.2) is 48.5 Å². The van der Waals surface area contributed by atoms with E-state index in [1.54, 1.807) is 25.3 Å². The van der Waals surface area contributed by atoms with Crippen LogP contribution in [0.1, 0.15) is 41.9 Å². The molecule has 7 heteroatoms. The second kappa shape index (κ2) is 9.64. The minimum atomic E-state index is -0.241. The predicted octanol–water partition coefficient (Wildman–Crippen LogP) is 3.38. The molecule has 1 aliphatic heterocycles. The number of fused-ring (bicyclic) bond motifs is 1. The van der Waals surface area contributed by atoms with Gasteiger partial charge in [0.2, 0.25) is 5.91 Å². The number of nitrogens with one attached hydrogen (secondary N) is 1. The van der Waals surface area contributed by atoms with Crippen LogP contribution in [0.5, 0.6) is 5.75 Å². The molecule has 162 valence electrons.